The molecule has 4 rings (SSSR count). The Kier molecular flexibility index (Phi) is 8.89. The number of halogens is 1. The molecule has 1 aliphatic rings. The van der Waals surface area contributed by atoms with Crippen molar-refractivity contribution in [3.8, 4) is 11.3 Å². The number of nitrogens with one attached hydrogen (secondary N) is 2. The number of hydrogen-bond donors (Lipinski definition) is 2. The molecule has 3 aromatic rings. The summed E-state index contributed by atoms with van der Waals surface area (Å²) in [5.74, 6) is 0.413. The second kappa shape index (κ2) is 12.5. The van der Waals surface area contributed by atoms with Gasteiger partial charge in [0.1, 0.15) is 17.2 Å². The monoisotopic (exact) mass is 537 g/mol. The van der Waals surface area contributed by atoms with Crippen LogP contribution in [0.25, 0.3) is 17.4 Å². The van der Waals surface area contributed by atoms with Crippen LogP contribution in [-0.4, -0.2) is 56.1 Å². The molecule has 1 aromatic heterocycles. The number of ether oxygens (including phenoxy) is 1. The lowest BCUT2D eigenvalue weighted by Crippen LogP contribution is -2.39. The molecule has 0 saturated carbocycles. The molecule has 0 spiro atoms. The number of nitrogens with zero attached hydrogens (tertiary/aromatic N) is 1. The summed E-state index contributed by atoms with van der Waals surface area (Å²) in [5, 5.41) is 5.66. The fourth-order valence-corrected chi connectivity index (χ4v) is 3.97. The van der Waals surface area contributed by atoms with Crippen LogP contribution in [0, 0.1) is 0 Å². The zero-order valence-electron chi connectivity index (χ0n) is 19.3. The summed E-state index contributed by atoms with van der Waals surface area (Å²) in [6, 6.07) is 20.2. The molecule has 2 amide bonds. The van der Waals surface area contributed by atoms with E-state index in [-0.39, 0.29) is 17.5 Å². The van der Waals surface area contributed by atoms with Crippen LogP contribution in [0.5, 0.6) is 0 Å². The van der Waals surface area contributed by atoms with Crippen LogP contribution < -0.4 is 10.6 Å². The van der Waals surface area contributed by atoms with E-state index in [1.54, 1.807) is 36.4 Å². The van der Waals surface area contributed by atoms with Gasteiger partial charge < -0.3 is 19.8 Å². The first-order valence-electron chi connectivity index (χ1n) is 11.6. The molecule has 0 atom stereocenters. The molecule has 2 N–H and O–H groups in total. The lowest BCUT2D eigenvalue weighted by molar-refractivity contribution is -0.117. The number of carbonyl (C=O) groups is 2. The van der Waals surface area contributed by atoms with E-state index < -0.39 is 0 Å². The minimum absolute atomic E-state index is 0.127. The number of rotatable bonds is 9. The summed E-state index contributed by atoms with van der Waals surface area (Å²) >= 11 is 3.43. The van der Waals surface area contributed by atoms with E-state index in [9.17, 15) is 9.59 Å². The molecule has 0 radical (unpaired) electrons. The zero-order chi connectivity index (χ0) is 24.5. The maximum absolute atomic E-state index is 13.0. The predicted molar refractivity (Wildman–Crippen MR) is 139 cm³/mol. The Labute approximate surface area is 213 Å². The summed E-state index contributed by atoms with van der Waals surface area (Å²) in [6.07, 6.45) is 2.36. The van der Waals surface area contributed by atoms with Gasteiger partial charge >= 0.3 is 0 Å². The van der Waals surface area contributed by atoms with Gasteiger partial charge in [0.25, 0.3) is 11.8 Å². The summed E-state index contributed by atoms with van der Waals surface area (Å²) in [6.45, 7) is 4.69. The van der Waals surface area contributed by atoms with Gasteiger partial charge in [-0.05, 0) is 49.4 Å². The Morgan fingerprint density at radius 2 is 1.71 bits per heavy atom. The highest BCUT2D eigenvalue weighted by atomic mass is 79.9. The van der Waals surface area contributed by atoms with Gasteiger partial charge in [0.05, 0.1) is 13.2 Å². The highest BCUT2D eigenvalue weighted by molar-refractivity contribution is 9.10. The van der Waals surface area contributed by atoms with Gasteiger partial charge in [-0.3, -0.25) is 14.5 Å². The molecule has 2 aromatic carbocycles. The van der Waals surface area contributed by atoms with E-state index in [0.717, 1.165) is 49.3 Å². The van der Waals surface area contributed by atoms with E-state index >= 15 is 0 Å². The van der Waals surface area contributed by atoms with E-state index in [1.165, 1.54) is 0 Å². The topological polar surface area (TPSA) is 83.8 Å². The summed E-state index contributed by atoms with van der Waals surface area (Å²) in [4.78, 5) is 28.1. The predicted octanol–water partition coefficient (Wildman–Crippen LogP) is 4.32. The van der Waals surface area contributed by atoms with Crippen molar-refractivity contribution in [2.45, 2.75) is 6.42 Å². The van der Waals surface area contributed by atoms with Crippen LogP contribution >= 0.6 is 15.9 Å². The molecule has 2 heterocycles. The van der Waals surface area contributed by atoms with Crippen molar-refractivity contribution >= 4 is 33.8 Å². The fraction of sp³-hybridized carbons (Fsp3) is 0.259. The summed E-state index contributed by atoms with van der Waals surface area (Å²) < 4.78 is 12.3. The van der Waals surface area contributed by atoms with Gasteiger partial charge in [-0.15, -0.1) is 0 Å². The van der Waals surface area contributed by atoms with Crippen LogP contribution in [0.1, 0.15) is 22.5 Å². The molecular weight excluding hydrogens is 510 g/mol. The second-order valence-electron chi connectivity index (χ2n) is 8.15. The molecule has 1 saturated heterocycles. The molecule has 0 unspecified atom stereocenters. The molecule has 8 heteroatoms. The third-order valence-electron chi connectivity index (χ3n) is 5.61. The number of benzene rings is 2. The van der Waals surface area contributed by atoms with Crippen molar-refractivity contribution in [1.82, 2.24) is 15.5 Å². The van der Waals surface area contributed by atoms with Gasteiger partial charge in [0.15, 0.2) is 0 Å². The quantitative estimate of drug-likeness (QED) is 0.313. The van der Waals surface area contributed by atoms with Crippen LogP contribution in [0.3, 0.4) is 0 Å². The Balaban J connectivity index is 1.45. The largest absolute Gasteiger partial charge is 0.457 e. The molecule has 182 valence electrons. The van der Waals surface area contributed by atoms with Crippen molar-refractivity contribution in [3.63, 3.8) is 0 Å². The molecular formula is C27H28BrN3O4. The average Bonchev–Trinajstić information content (AvgIpc) is 3.36. The van der Waals surface area contributed by atoms with Crippen LogP contribution in [-0.2, 0) is 9.53 Å². The number of carbonyl (C=O) groups excluding carboxylic acids is 2. The number of furan rings is 1. The maximum Gasteiger partial charge on any atom is 0.267 e. The van der Waals surface area contributed by atoms with E-state index in [1.807, 2.05) is 36.4 Å². The van der Waals surface area contributed by atoms with Crippen LogP contribution in [0.2, 0.25) is 0 Å². The first-order valence-corrected chi connectivity index (χ1v) is 12.4. The molecule has 0 aliphatic carbocycles. The van der Waals surface area contributed by atoms with Gasteiger partial charge in [-0.1, -0.05) is 46.3 Å². The third-order valence-corrected chi connectivity index (χ3v) is 6.14. The Bertz CT molecular complexity index is 1150. The maximum atomic E-state index is 13.0. The highest BCUT2D eigenvalue weighted by Gasteiger charge is 2.16. The molecule has 35 heavy (non-hydrogen) atoms. The SMILES string of the molecule is O=C(NCCCN1CCOCC1)C(=Cc1ccc(-c2ccc(Br)cc2)o1)NC(=O)c1ccccc1. The van der Waals surface area contributed by atoms with Gasteiger partial charge in [-0.2, -0.15) is 0 Å². The van der Waals surface area contributed by atoms with Crippen molar-refractivity contribution in [2.24, 2.45) is 0 Å². The smallest absolute Gasteiger partial charge is 0.267 e. The van der Waals surface area contributed by atoms with Crippen molar-refractivity contribution in [3.05, 3.63) is 88.2 Å². The lowest BCUT2D eigenvalue weighted by Gasteiger charge is -2.26. The average molecular weight is 538 g/mol. The standard InChI is InChI=1S/C27H28BrN3O4/c28-22-9-7-20(8-10-22)25-12-11-23(35-25)19-24(30-26(32)21-5-2-1-3-6-21)27(33)29-13-4-14-31-15-17-34-18-16-31/h1-3,5-12,19H,4,13-18H2,(H,29,33)(H,30,32). The van der Waals surface area contributed by atoms with Gasteiger partial charge in [0.2, 0.25) is 0 Å². The summed E-state index contributed by atoms with van der Waals surface area (Å²) in [5.41, 5.74) is 1.51. The van der Waals surface area contributed by atoms with Crippen molar-refractivity contribution < 1.29 is 18.7 Å². The first kappa shape index (κ1) is 24.9. The zero-order valence-corrected chi connectivity index (χ0v) is 20.9. The third kappa shape index (κ3) is 7.39. The van der Waals surface area contributed by atoms with Crippen LogP contribution in [0.4, 0.5) is 0 Å². The first-order chi connectivity index (χ1) is 17.1. The minimum atomic E-state index is -0.363. The Morgan fingerprint density at radius 1 is 0.971 bits per heavy atom. The van der Waals surface area contributed by atoms with E-state index in [4.69, 9.17) is 9.15 Å². The molecule has 1 fully saturated rings. The molecule has 7 nitrogen and oxygen atoms in total. The minimum Gasteiger partial charge on any atom is -0.457 e. The number of amides is 2. The van der Waals surface area contributed by atoms with E-state index in [0.29, 0.717) is 23.6 Å². The van der Waals surface area contributed by atoms with Crippen molar-refractivity contribution in [1.29, 1.82) is 0 Å². The van der Waals surface area contributed by atoms with Gasteiger partial charge in [0, 0.05) is 41.3 Å². The molecule has 0 bridgehead atoms. The van der Waals surface area contributed by atoms with Gasteiger partial charge in [-0.25, -0.2) is 0 Å². The van der Waals surface area contributed by atoms with E-state index in [2.05, 4.69) is 31.5 Å². The number of hydrogen-bond acceptors (Lipinski definition) is 5. The Morgan fingerprint density at radius 3 is 2.46 bits per heavy atom. The highest BCUT2D eigenvalue weighted by Crippen LogP contribution is 2.25. The van der Waals surface area contributed by atoms with Crippen molar-refractivity contribution in [2.75, 3.05) is 39.4 Å². The fourth-order valence-electron chi connectivity index (χ4n) is 3.71. The molecule has 1 aliphatic heterocycles. The normalized spacial score (nSPS) is 14.5. The lowest BCUT2D eigenvalue weighted by atomic mass is 10.2. The number of morpholine rings is 1. The summed E-state index contributed by atoms with van der Waals surface area (Å²) in [7, 11) is 0. The Hall–Kier alpha value is -3.20. The second-order valence-corrected chi connectivity index (χ2v) is 9.07. The van der Waals surface area contributed by atoms with Crippen LogP contribution in [0.15, 0.2) is 81.3 Å².